The molecule has 1 aromatic rings. The Labute approximate surface area is 112 Å². The summed E-state index contributed by atoms with van der Waals surface area (Å²) in [5.74, 6) is -0.315. The van der Waals surface area contributed by atoms with E-state index >= 15 is 0 Å². The average molecular weight is 266 g/mol. The molecule has 1 amide bonds. The Bertz CT molecular complexity index is 532. The Morgan fingerprint density at radius 2 is 2.06 bits per heavy atom. The van der Waals surface area contributed by atoms with Gasteiger partial charge in [0.05, 0.1) is 11.6 Å². The van der Waals surface area contributed by atoms with Gasteiger partial charge in [-0.2, -0.15) is 5.26 Å². The third-order valence-corrected chi connectivity index (χ3v) is 3.22. The summed E-state index contributed by atoms with van der Waals surface area (Å²) < 4.78 is 0. The number of anilines is 1. The zero-order chi connectivity index (χ0) is 14.1. The van der Waals surface area contributed by atoms with Crippen LogP contribution in [0, 0.1) is 18.3 Å². The van der Waals surface area contributed by atoms with E-state index in [0.29, 0.717) is 16.3 Å². The number of nitrogens with two attached hydrogens (primary N) is 1. The lowest BCUT2D eigenvalue weighted by Gasteiger charge is -2.29. The molecule has 4 nitrogen and oxygen atoms in total. The zero-order valence-corrected chi connectivity index (χ0v) is 11.7. The van der Waals surface area contributed by atoms with E-state index in [1.807, 2.05) is 0 Å². The van der Waals surface area contributed by atoms with E-state index in [9.17, 15) is 4.79 Å². The Morgan fingerprint density at radius 1 is 1.50 bits per heavy atom. The lowest BCUT2D eigenvalue weighted by molar-refractivity contribution is 0.0699. The van der Waals surface area contributed by atoms with E-state index in [2.05, 4.69) is 6.07 Å². The Morgan fingerprint density at radius 3 is 2.56 bits per heavy atom. The topological polar surface area (TPSA) is 70.1 Å². The van der Waals surface area contributed by atoms with Crippen LogP contribution in [0.25, 0.3) is 0 Å². The van der Waals surface area contributed by atoms with Crippen LogP contribution in [0.5, 0.6) is 0 Å². The Hall–Kier alpha value is -1.73. The number of nitrogens with zero attached hydrogens (tertiary/aromatic N) is 2. The van der Waals surface area contributed by atoms with Gasteiger partial charge < -0.3 is 10.6 Å². The molecule has 0 spiro atoms. The van der Waals surface area contributed by atoms with Crippen molar-refractivity contribution in [2.45, 2.75) is 26.3 Å². The molecular weight excluding hydrogens is 250 g/mol. The van der Waals surface area contributed by atoms with Crippen molar-refractivity contribution in [1.82, 2.24) is 4.90 Å². The van der Waals surface area contributed by atoms with Crippen LogP contribution in [0.1, 0.15) is 29.8 Å². The molecule has 0 fully saturated rings. The third kappa shape index (κ3) is 2.57. The molecule has 96 valence electrons. The van der Waals surface area contributed by atoms with Crippen LogP contribution in [0.3, 0.4) is 0 Å². The van der Waals surface area contributed by atoms with E-state index in [0.717, 1.165) is 5.56 Å². The number of aryl methyl sites for hydroxylation is 1. The first kappa shape index (κ1) is 14.3. The molecule has 0 saturated heterocycles. The first-order valence-corrected chi connectivity index (χ1v) is 5.83. The zero-order valence-electron chi connectivity index (χ0n) is 10.9. The molecule has 2 N–H and O–H groups in total. The summed E-state index contributed by atoms with van der Waals surface area (Å²) >= 11 is 5.93. The molecule has 0 aliphatic carbocycles. The predicted molar refractivity (Wildman–Crippen MR) is 72.4 cm³/mol. The van der Waals surface area contributed by atoms with Crippen molar-refractivity contribution < 1.29 is 4.79 Å². The summed E-state index contributed by atoms with van der Waals surface area (Å²) in [5.41, 5.74) is 6.45. The van der Waals surface area contributed by atoms with Crippen molar-refractivity contribution in [2.24, 2.45) is 0 Å². The molecule has 0 radical (unpaired) electrons. The van der Waals surface area contributed by atoms with Crippen molar-refractivity contribution in [1.29, 1.82) is 5.26 Å². The Kier molecular flexibility index (Phi) is 3.88. The largest absolute Gasteiger partial charge is 0.398 e. The average Bonchev–Trinajstić information content (AvgIpc) is 2.31. The van der Waals surface area contributed by atoms with Crippen LogP contribution in [-0.4, -0.2) is 23.4 Å². The van der Waals surface area contributed by atoms with Gasteiger partial charge >= 0.3 is 0 Å². The van der Waals surface area contributed by atoms with Gasteiger partial charge in [-0.25, -0.2) is 0 Å². The highest BCUT2D eigenvalue weighted by Crippen LogP contribution is 2.25. The van der Waals surface area contributed by atoms with Gasteiger partial charge in [-0.05, 0) is 38.5 Å². The summed E-state index contributed by atoms with van der Waals surface area (Å²) in [5, 5.41) is 9.49. The molecule has 0 bridgehead atoms. The second-order valence-electron chi connectivity index (χ2n) is 4.72. The van der Waals surface area contributed by atoms with Gasteiger partial charge in [0, 0.05) is 17.8 Å². The maximum atomic E-state index is 12.3. The van der Waals surface area contributed by atoms with Gasteiger partial charge in [0.1, 0.15) is 5.54 Å². The highest BCUT2D eigenvalue weighted by atomic mass is 35.5. The van der Waals surface area contributed by atoms with E-state index in [-0.39, 0.29) is 5.91 Å². The fourth-order valence-electron chi connectivity index (χ4n) is 1.44. The second kappa shape index (κ2) is 4.87. The molecule has 0 unspecified atom stereocenters. The quantitative estimate of drug-likeness (QED) is 0.836. The van der Waals surface area contributed by atoms with Crippen LogP contribution >= 0.6 is 11.6 Å². The maximum absolute atomic E-state index is 12.3. The summed E-state index contributed by atoms with van der Waals surface area (Å²) in [6.45, 7) is 5.12. The smallest absolute Gasteiger partial charge is 0.257 e. The number of halogens is 1. The highest BCUT2D eigenvalue weighted by molar-refractivity contribution is 6.31. The molecule has 0 aliphatic heterocycles. The number of hydrogen-bond donors (Lipinski definition) is 1. The van der Waals surface area contributed by atoms with Crippen LogP contribution < -0.4 is 5.73 Å². The van der Waals surface area contributed by atoms with Gasteiger partial charge in [-0.3, -0.25) is 4.79 Å². The van der Waals surface area contributed by atoms with Crippen molar-refractivity contribution in [3.63, 3.8) is 0 Å². The first-order chi connectivity index (χ1) is 8.20. The normalized spacial score (nSPS) is 10.9. The number of carbonyl (C=O) groups excluding carboxylic acids is 1. The molecule has 1 aromatic carbocycles. The maximum Gasteiger partial charge on any atom is 0.257 e. The van der Waals surface area contributed by atoms with E-state index in [1.54, 1.807) is 33.9 Å². The number of amides is 1. The van der Waals surface area contributed by atoms with Crippen LogP contribution in [-0.2, 0) is 0 Å². The number of nitriles is 1. The van der Waals surface area contributed by atoms with E-state index < -0.39 is 5.54 Å². The lowest BCUT2D eigenvalue weighted by Crippen LogP contribution is -2.44. The number of benzene rings is 1. The first-order valence-electron chi connectivity index (χ1n) is 5.45. The lowest BCUT2D eigenvalue weighted by atomic mass is 10.0. The second-order valence-corrected chi connectivity index (χ2v) is 5.16. The molecule has 0 saturated carbocycles. The standard InChI is InChI=1S/C13H16ClN3O/c1-8-5-9(14)6-10(11(8)16)12(18)17(4)13(2,3)7-15/h5-6H,16H2,1-4H3. The summed E-state index contributed by atoms with van der Waals surface area (Å²) in [4.78, 5) is 13.7. The molecule has 5 heteroatoms. The summed E-state index contributed by atoms with van der Waals surface area (Å²) in [6.07, 6.45) is 0. The minimum atomic E-state index is -0.903. The SMILES string of the molecule is Cc1cc(Cl)cc(C(=O)N(C)C(C)(C)C#N)c1N. The van der Waals surface area contributed by atoms with Crippen LogP contribution in [0.2, 0.25) is 5.02 Å². The van der Waals surface area contributed by atoms with Gasteiger partial charge in [-0.1, -0.05) is 11.6 Å². The summed E-state index contributed by atoms with van der Waals surface area (Å²) in [6, 6.07) is 5.29. The molecule has 0 heterocycles. The number of rotatable bonds is 2. The minimum Gasteiger partial charge on any atom is -0.398 e. The molecule has 0 aromatic heterocycles. The monoisotopic (exact) mass is 265 g/mol. The minimum absolute atomic E-state index is 0.315. The molecule has 0 atom stereocenters. The number of hydrogen-bond acceptors (Lipinski definition) is 3. The van der Waals surface area contributed by atoms with Crippen LogP contribution in [0.15, 0.2) is 12.1 Å². The fraction of sp³-hybridized carbons (Fsp3) is 0.385. The molecule has 18 heavy (non-hydrogen) atoms. The van der Waals surface area contributed by atoms with Crippen LogP contribution in [0.4, 0.5) is 5.69 Å². The molecular formula is C13H16ClN3O. The third-order valence-electron chi connectivity index (χ3n) is 3.00. The van der Waals surface area contributed by atoms with Crippen molar-refractivity contribution in [3.05, 3.63) is 28.3 Å². The number of carbonyl (C=O) groups is 1. The predicted octanol–water partition coefficient (Wildman–Crippen LogP) is 2.60. The van der Waals surface area contributed by atoms with Gasteiger partial charge in [0.15, 0.2) is 0 Å². The van der Waals surface area contributed by atoms with Gasteiger partial charge in [0.2, 0.25) is 0 Å². The molecule has 1 rings (SSSR count). The highest BCUT2D eigenvalue weighted by Gasteiger charge is 2.29. The molecule has 0 aliphatic rings. The fourth-order valence-corrected chi connectivity index (χ4v) is 1.71. The van der Waals surface area contributed by atoms with Crippen molar-refractivity contribution in [2.75, 3.05) is 12.8 Å². The van der Waals surface area contributed by atoms with Gasteiger partial charge in [0.25, 0.3) is 5.91 Å². The Balaban J connectivity index is 3.25. The van der Waals surface area contributed by atoms with Crippen molar-refractivity contribution in [3.8, 4) is 6.07 Å². The number of nitrogen functional groups attached to an aromatic ring is 1. The van der Waals surface area contributed by atoms with E-state index in [4.69, 9.17) is 22.6 Å². The van der Waals surface area contributed by atoms with Crippen molar-refractivity contribution >= 4 is 23.2 Å². The van der Waals surface area contributed by atoms with Gasteiger partial charge in [-0.15, -0.1) is 0 Å². The van der Waals surface area contributed by atoms with E-state index in [1.165, 1.54) is 11.0 Å². The summed E-state index contributed by atoms with van der Waals surface area (Å²) in [7, 11) is 1.57.